The number of hydrogen-bond donors (Lipinski definition) is 0. The van der Waals surface area contributed by atoms with Crippen LogP contribution in [0, 0.1) is 17.4 Å². The average Bonchev–Trinajstić information content (AvgIpc) is 1.90. The van der Waals surface area contributed by atoms with E-state index < -0.39 is 0 Å². The molecule has 0 amide bonds. The van der Waals surface area contributed by atoms with E-state index in [1.807, 2.05) is 0 Å². The SMILES string of the molecule is N#CC1=[C]CCCC1. The van der Waals surface area contributed by atoms with Gasteiger partial charge in [0.2, 0.25) is 0 Å². The lowest BCUT2D eigenvalue weighted by Gasteiger charge is -2.02. The van der Waals surface area contributed by atoms with Crippen molar-refractivity contribution in [1.29, 1.82) is 5.26 Å². The predicted octanol–water partition coefficient (Wildman–Crippen LogP) is 1.81. The highest BCUT2D eigenvalue weighted by Crippen LogP contribution is 2.14. The molecule has 0 aliphatic heterocycles. The summed E-state index contributed by atoms with van der Waals surface area (Å²) in [5, 5.41) is 8.34. The second kappa shape index (κ2) is 2.52. The molecule has 0 spiro atoms. The first-order valence-corrected chi connectivity index (χ1v) is 2.93. The first-order valence-electron chi connectivity index (χ1n) is 2.93. The van der Waals surface area contributed by atoms with Gasteiger partial charge in [-0.05, 0) is 31.8 Å². The van der Waals surface area contributed by atoms with E-state index in [4.69, 9.17) is 5.26 Å². The van der Waals surface area contributed by atoms with Crippen LogP contribution in [0.3, 0.4) is 0 Å². The third-order valence-electron chi connectivity index (χ3n) is 1.33. The molecule has 8 heavy (non-hydrogen) atoms. The molecule has 1 nitrogen and oxygen atoms in total. The second-order valence-corrected chi connectivity index (χ2v) is 1.97. The summed E-state index contributed by atoms with van der Waals surface area (Å²) >= 11 is 0. The lowest BCUT2D eigenvalue weighted by Crippen LogP contribution is -1.88. The normalized spacial score (nSPS) is 19.1. The minimum atomic E-state index is 0.858. The highest BCUT2D eigenvalue weighted by molar-refractivity contribution is 5.18. The van der Waals surface area contributed by atoms with Crippen molar-refractivity contribution < 1.29 is 0 Å². The van der Waals surface area contributed by atoms with Crippen molar-refractivity contribution in [1.82, 2.24) is 0 Å². The Balaban J connectivity index is 2.53. The summed E-state index contributed by atoms with van der Waals surface area (Å²) in [6, 6.07) is 2.11. The molecule has 1 aliphatic rings. The molecule has 0 bridgehead atoms. The standard InChI is InChI=1S/C7H8N/c8-6-7-4-2-1-3-5-7/h1-4H2. The fourth-order valence-electron chi connectivity index (χ4n) is 0.850. The van der Waals surface area contributed by atoms with Crippen molar-refractivity contribution in [3.8, 4) is 6.07 Å². The van der Waals surface area contributed by atoms with Crippen molar-refractivity contribution in [2.45, 2.75) is 25.7 Å². The van der Waals surface area contributed by atoms with Crippen LogP contribution in [0.5, 0.6) is 0 Å². The lowest BCUT2D eigenvalue weighted by atomic mass is 10.0. The quantitative estimate of drug-likeness (QED) is 0.462. The highest BCUT2D eigenvalue weighted by atomic mass is 14.2. The van der Waals surface area contributed by atoms with Gasteiger partial charge in [0, 0.05) is 5.57 Å². The molecule has 1 radical (unpaired) electrons. The Labute approximate surface area is 49.6 Å². The van der Waals surface area contributed by atoms with Crippen LogP contribution in [-0.2, 0) is 0 Å². The third kappa shape index (κ3) is 1.10. The maximum absolute atomic E-state index is 8.34. The fraction of sp³-hybridized carbons (Fsp3) is 0.571. The van der Waals surface area contributed by atoms with Gasteiger partial charge in [0.15, 0.2) is 0 Å². The Kier molecular flexibility index (Phi) is 1.69. The monoisotopic (exact) mass is 106 g/mol. The van der Waals surface area contributed by atoms with E-state index in [0.717, 1.165) is 18.4 Å². The van der Waals surface area contributed by atoms with Gasteiger partial charge in [0.05, 0.1) is 6.07 Å². The second-order valence-electron chi connectivity index (χ2n) is 1.97. The van der Waals surface area contributed by atoms with Crippen LogP contribution >= 0.6 is 0 Å². The van der Waals surface area contributed by atoms with Crippen molar-refractivity contribution in [3.05, 3.63) is 11.6 Å². The molecule has 0 saturated heterocycles. The lowest BCUT2D eigenvalue weighted by molar-refractivity contribution is 0.701. The maximum atomic E-state index is 8.34. The van der Waals surface area contributed by atoms with Gasteiger partial charge in [-0.2, -0.15) is 5.26 Å². The molecule has 1 aliphatic carbocycles. The maximum Gasteiger partial charge on any atom is 0.0950 e. The van der Waals surface area contributed by atoms with Gasteiger partial charge in [-0.25, -0.2) is 0 Å². The third-order valence-corrected chi connectivity index (χ3v) is 1.33. The Hall–Kier alpha value is -0.770. The number of rotatable bonds is 0. The molecule has 1 heteroatoms. The van der Waals surface area contributed by atoms with Crippen LogP contribution in [-0.4, -0.2) is 0 Å². The van der Waals surface area contributed by atoms with Gasteiger partial charge >= 0.3 is 0 Å². The average molecular weight is 106 g/mol. The van der Waals surface area contributed by atoms with Gasteiger partial charge in [0.1, 0.15) is 0 Å². The van der Waals surface area contributed by atoms with Crippen LogP contribution in [0.2, 0.25) is 0 Å². The highest BCUT2D eigenvalue weighted by Gasteiger charge is 2.00. The largest absolute Gasteiger partial charge is 0.193 e. The van der Waals surface area contributed by atoms with Crippen LogP contribution in [0.1, 0.15) is 25.7 Å². The van der Waals surface area contributed by atoms with Crippen molar-refractivity contribution >= 4 is 0 Å². The molecular weight excluding hydrogens is 98.1 g/mol. The first-order chi connectivity index (χ1) is 3.93. The van der Waals surface area contributed by atoms with Crippen LogP contribution in [0.15, 0.2) is 5.57 Å². The molecule has 0 heterocycles. The summed E-state index contributed by atoms with van der Waals surface area (Å²) in [7, 11) is 0. The first kappa shape index (κ1) is 5.37. The Bertz CT molecular complexity index is 139. The summed E-state index contributed by atoms with van der Waals surface area (Å²) in [5.41, 5.74) is 0.858. The summed E-state index contributed by atoms with van der Waals surface area (Å²) in [6.45, 7) is 0. The smallest absolute Gasteiger partial charge is 0.0950 e. The number of nitrogens with zero attached hydrogens (tertiary/aromatic N) is 1. The van der Waals surface area contributed by atoms with E-state index in [-0.39, 0.29) is 0 Å². The molecular formula is C7H8N. The topological polar surface area (TPSA) is 23.8 Å². The minimum absolute atomic E-state index is 0.858. The fourth-order valence-corrected chi connectivity index (χ4v) is 0.850. The number of hydrogen-bond acceptors (Lipinski definition) is 1. The van der Waals surface area contributed by atoms with E-state index in [0.29, 0.717) is 0 Å². The summed E-state index contributed by atoms with van der Waals surface area (Å²) in [5.74, 6) is 0. The van der Waals surface area contributed by atoms with E-state index in [1.54, 1.807) is 0 Å². The van der Waals surface area contributed by atoms with Crippen LogP contribution in [0.4, 0.5) is 0 Å². The minimum Gasteiger partial charge on any atom is -0.193 e. The molecule has 0 unspecified atom stereocenters. The molecule has 0 saturated carbocycles. The summed E-state index contributed by atoms with van der Waals surface area (Å²) in [4.78, 5) is 0. The zero-order chi connectivity index (χ0) is 5.82. The predicted molar refractivity (Wildman–Crippen MR) is 30.8 cm³/mol. The van der Waals surface area contributed by atoms with Crippen molar-refractivity contribution in [2.24, 2.45) is 0 Å². The van der Waals surface area contributed by atoms with E-state index >= 15 is 0 Å². The molecule has 41 valence electrons. The zero-order valence-corrected chi connectivity index (χ0v) is 4.78. The Morgan fingerprint density at radius 3 is 2.75 bits per heavy atom. The van der Waals surface area contributed by atoms with Crippen molar-refractivity contribution in [2.75, 3.05) is 0 Å². The number of allylic oxidation sites excluding steroid dienone is 2. The number of nitriles is 1. The van der Waals surface area contributed by atoms with Gasteiger partial charge in [-0.3, -0.25) is 0 Å². The summed E-state index contributed by atoms with van der Waals surface area (Å²) in [6.07, 6.45) is 7.36. The van der Waals surface area contributed by atoms with E-state index in [9.17, 15) is 0 Å². The Morgan fingerprint density at radius 2 is 2.38 bits per heavy atom. The summed E-state index contributed by atoms with van der Waals surface area (Å²) < 4.78 is 0. The van der Waals surface area contributed by atoms with Gasteiger partial charge in [0.25, 0.3) is 0 Å². The zero-order valence-electron chi connectivity index (χ0n) is 4.78. The van der Waals surface area contributed by atoms with Gasteiger partial charge in [-0.15, -0.1) is 0 Å². The van der Waals surface area contributed by atoms with Crippen LogP contribution < -0.4 is 0 Å². The molecule has 0 aromatic carbocycles. The molecule has 1 rings (SSSR count). The molecule has 0 fully saturated rings. The molecule has 0 aromatic rings. The van der Waals surface area contributed by atoms with Crippen LogP contribution in [0.25, 0.3) is 0 Å². The Morgan fingerprint density at radius 1 is 1.50 bits per heavy atom. The molecule has 0 N–H and O–H groups in total. The van der Waals surface area contributed by atoms with Gasteiger partial charge in [-0.1, -0.05) is 0 Å². The van der Waals surface area contributed by atoms with Gasteiger partial charge < -0.3 is 0 Å². The molecule has 0 aromatic heterocycles. The molecule has 0 atom stereocenters. The van der Waals surface area contributed by atoms with E-state index in [1.165, 1.54) is 12.8 Å². The van der Waals surface area contributed by atoms with Crippen molar-refractivity contribution in [3.63, 3.8) is 0 Å². The van der Waals surface area contributed by atoms with E-state index in [2.05, 4.69) is 12.1 Å².